The molecule has 4 nitrogen and oxygen atoms in total. The van der Waals surface area contributed by atoms with E-state index in [1.807, 2.05) is 0 Å². The molecular weight excluding hydrogens is 199 g/mol. The van der Waals surface area contributed by atoms with Crippen molar-refractivity contribution in [1.82, 2.24) is 0 Å². The number of anilines is 1. The lowest BCUT2D eigenvalue weighted by Gasteiger charge is -2.07. The summed E-state index contributed by atoms with van der Waals surface area (Å²) >= 11 is 0. The lowest BCUT2D eigenvalue weighted by Crippen LogP contribution is -2.10. The Labute approximate surface area is 86.9 Å². The van der Waals surface area contributed by atoms with Crippen molar-refractivity contribution in [2.75, 3.05) is 18.4 Å². The Bertz CT molecular complexity index is 355. The molecule has 0 aliphatic carbocycles. The molecule has 0 atom stereocenters. The summed E-state index contributed by atoms with van der Waals surface area (Å²) in [5, 5.41) is 11.5. The van der Waals surface area contributed by atoms with Crippen LogP contribution in [-0.4, -0.2) is 24.2 Å². The first-order valence-electron chi connectivity index (χ1n) is 4.62. The molecular formula is C10H13FN2O2. The first kappa shape index (κ1) is 11.5. The molecule has 0 amide bonds. The molecule has 1 aromatic rings. The van der Waals surface area contributed by atoms with Gasteiger partial charge in [-0.15, -0.1) is 0 Å². The van der Waals surface area contributed by atoms with Crippen molar-refractivity contribution in [2.24, 2.45) is 5.73 Å². The number of carboxylic acids is 1. The molecule has 0 spiro atoms. The fourth-order valence-electron chi connectivity index (χ4n) is 1.12. The van der Waals surface area contributed by atoms with Crippen LogP contribution in [0, 0.1) is 5.82 Å². The van der Waals surface area contributed by atoms with Crippen molar-refractivity contribution < 1.29 is 14.3 Å². The molecule has 82 valence electrons. The highest BCUT2D eigenvalue weighted by molar-refractivity contribution is 5.88. The van der Waals surface area contributed by atoms with Gasteiger partial charge in [-0.1, -0.05) is 0 Å². The van der Waals surface area contributed by atoms with Gasteiger partial charge in [0.05, 0.1) is 11.3 Å². The molecule has 0 heterocycles. The maximum absolute atomic E-state index is 13.2. The zero-order chi connectivity index (χ0) is 11.3. The van der Waals surface area contributed by atoms with Crippen molar-refractivity contribution in [2.45, 2.75) is 6.42 Å². The van der Waals surface area contributed by atoms with Crippen LogP contribution >= 0.6 is 0 Å². The number of halogens is 1. The van der Waals surface area contributed by atoms with E-state index in [0.29, 0.717) is 19.5 Å². The zero-order valence-electron chi connectivity index (χ0n) is 8.16. The van der Waals surface area contributed by atoms with E-state index in [2.05, 4.69) is 5.32 Å². The summed E-state index contributed by atoms with van der Waals surface area (Å²) in [6.45, 7) is 1.03. The molecule has 0 aromatic heterocycles. The van der Waals surface area contributed by atoms with E-state index in [1.165, 1.54) is 12.1 Å². The molecule has 0 fully saturated rings. The largest absolute Gasteiger partial charge is 0.478 e. The molecule has 0 bridgehead atoms. The molecule has 0 radical (unpaired) electrons. The van der Waals surface area contributed by atoms with Crippen LogP contribution in [0.2, 0.25) is 0 Å². The number of hydrogen-bond acceptors (Lipinski definition) is 3. The third-order valence-corrected chi connectivity index (χ3v) is 1.91. The lowest BCUT2D eigenvalue weighted by atomic mass is 10.2. The fraction of sp³-hybridized carbons (Fsp3) is 0.300. The van der Waals surface area contributed by atoms with Crippen molar-refractivity contribution in [3.8, 4) is 0 Å². The zero-order valence-corrected chi connectivity index (χ0v) is 8.16. The van der Waals surface area contributed by atoms with Gasteiger partial charge in [-0.05, 0) is 31.2 Å². The number of carboxylic acid groups (broad SMARTS) is 1. The van der Waals surface area contributed by atoms with E-state index < -0.39 is 11.8 Å². The summed E-state index contributed by atoms with van der Waals surface area (Å²) in [4.78, 5) is 10.6. The highest BCUT2D eigenvalue weighted by Crippen LogP contribution is 2.15. The molecule has 0 aliphatic rings. The van der Waals surface area contributed by atoms with Gasteiger partial charge in [0, 0.05) is 6.54 Å². The van der Waals surface area contributed by atoms with Crippen LogP contribution in [0.4, 0.5) is 10.1 Å². The van der Waals surface area contributed by atoms with Gasteiger partial charge >= 0.3 is 5.97 Å². The van der Waals surface area contributed by atoms with Crippen molar-refractivity contribution in [3.05, 3.63) is 29.6 Å². The molecule has 0 unspecified atom stereocenters. The Morgan fingerprint density at radius 1 is 1.53 bits per heavy atom. The van der Waals surface area contributed by atoms with Crippen LogP contribution in [-0.2, 0) is 0 Å². The smallest absolute Gasteiger partial charge is 0.335 e. The topological polar surface area (TPSA) is 75.3 Å². The van der Waals surface area contributed by atoms with Crippen molar-refractivity contribution in [3.63, 3.8) is 0 Å². The number of benzene rings is 1. The second-order valence-corrected chi connectivity index (χ2v) is 3.07. The summed E-state index contributed by atoms with van der Waals surface area (Å²) < 4.78 is 13.2. The normalized spacial score (nSPS) is 10.0. The summed E-state index contributed by atoms with van der Waals surface area (Å²) in [7, 11) is 0. The highest BCUT2D eigenvalue weighted by Gasteiger charge is 2.07. The standard InChI is InChI=1S/C10H13FN2O2/c11-8-3-2-7(10(14)15)6-9(8)13-5-1-4-12/h2-3,6,13H,1,4-5,12H2,(H,14,15). The SMILES string of the molecule is NCCCNc1cc(C(=O)O)ccc1F. The summed E-state index contributed by atoms with van der Waals surface area (Å²) in [5.41, 5.74) is 5.54. The minimum atomic E-state index is -1.07. The van der Waals surface area contributed by atoms with Gasteiger partial charge in [-0.3, -0.25) is 0 Å². The van der Waals surface area contributed by atoms with E-state index in [1.54, 1.807) is 0 Å². The van der Waals surface area contributed by atoms with Crippen LogP contribution in [0.5, 0.6) is 0 Å². The van der Waals surface area contributed by atoms with Gasteiger partial charge in [-0.25, -0.2) is 9.18 Å². The molecule has 0 saturated heterocycles. The quantitative estimate of drug-likeness (QED) is 0.643. The van der Waals surface area contributed by atoms with E-state index in [4.69, 9.17) is 10.8 Å². The number of nitrogens with one attached hydrogen (secondary N) is 1. The second kappa shape index (κ2) is 5.31. The molecule has 0 aliphatic heterocycles. The van der Waals surface area contributed by atoms with Crippen molar-refractivity contribution >= 4 is 11.7 Å². The Morgan fingerprint density at radius 3 is 2.87 bits per heavy atom. The summed E-state index contributed by atoms with van der Waals surface area (Å²) in [6.07, 6.45) is 0.705. The minimum absolute atomic E-state index is 0.0617. The minimum Gasteiger partial charge on any atom is -0.478 e. The van der Waals surface area contributed by atoms with Gasteiger partial charge in [0.15, 0.2) is 0 Å². The number of aromatic carboxylic acids is 1. The predicted molar refractivity (Wildman–Crippen MR) is 55.5 cm³/mol. The molecule has 1 aromatic carbocycles. The van der Waals surface area contributed by atoms with Gasteiger partial charge in [0.1, 0.15) is 5.82 Å². The van der Waals surface area contributed by atoms with Crippen LogP contribution in [0.3, 0.4) is 0 Å². The predicted octanol–water partition coefficient (Wildman–Crippen LogP) is 1.28. The maximum Gasteiger partial charge on any atom is 0.335 e. The summed E-state index contributed by atoms with van der Waals surface area (Å²) in [5.74, 6) is -1.53. The monoisotopic (exact) mass is 212 g/mol. The van der Waals surface area contributed by atoms with Gasteiger partial charge in [-0.2, -0.15) is 0 Å². The van der Waals surface area contributed by atoms with E-state index in [-0.39, 0.29) is 11.3 Å². The third kappa shape index (κ3) is 3.21. The molecule has 1 rings (SSSR count). The Kier molecular flexibility index (Phi) is 4.05. The molecule has 4 N–H and O–H groups in total. The van der Waals surface area contributed by atoms with Crippen LogP contribution in [0.15, 0.2) is 18.2 Å². The molecule has 0 saturated carbocycles. The lowest BCUT2D eigenvalue weighted by molar-refractivity contribution is 0.0697. The Morgan fingerprint density at radius 2 is 2.27 bits per heavy atom. The van der Waals surface area contributed by atoms with Gasteiger partial charge in [0.25, 0.3) is 0 Å². The van der Waals surface area contributed by atoms with Gasteiger partial charge < -0.3 is 16.2 Å². The average molecular weight is 212 g/mol. The first-order chi connectivity index (χ1) is 7.15. The van der Waals surface area contributed by atoms with E-state index in [0.717, 1.165) is 6.07 Å². The third-order valence-electron chi connectivity index (χ3n) is 1.91. The number of rotatable bonds is 5. The molecule has 15 heavy (non-hydrogen) atoms. The van der Waals surface area contributed by atoms with Crippen LogP contribution in [0.25, 0.3) is 0 Å². The summed E-state index contributed by atoms with van der Waals surface area (Å²) in [6, 6.07) is 3.63. The number of carbonyl (C=O) groups is 1. The van der Waals surface area contributed by atoms with Crippen molar-refractivity contribution in [1.29, 1.82) is 0 Å². The number of hydrogen-bond donors (Lipinski definition) is 3. The van der Waals surface area contributed by atoms with E-state index in [9.17, 15) is 9.18 Å². The first-order valence-corrected chi connectivity index (χ1v) is 4.62. The second-order valence-electron chi connectivity index (χ2n) is 3.07. The van der Waals surface area contributed by atoms with Crippen LogP contribution in [0.1, 0.15) is 16.8 Å². The highest BCUT2D eigenvalue weighted by atomic mass is 19.1. The average Bonchev–Trinajstić information content (AvgIpc) is 2.20. The molecule has 5 heteroatoms. The fourth-order valence-corrected chi connectivity index (χ4v) is 1.12. The number of nitrogens with two attached hydrogens (primary N) is 1. The van der Waals surface area contributed by atoms with Gasteiger partial charge in [0.2, 0.25) is 0 Å². The van der Waals surface area contributed by atoms with Crippen LogP contribution < -0.4 is 11.1 Å². The Hall–Kier alpha value is -1.62. The maximum atomic E-state index is 13.2. The van der Waals surface area contributed by atoms with E-state index >= 15 is 0 Å². The Balaban J connectivity index is 2.76.